The first kappa shape index (κ1) is 17.0. The summed E-state index contributed by atoms with van der Waals surface area (Å²) in [5, 5.41) is 8.96. The maximum atomic E-state index is 12.9. The number of aliphatic carboxylic acids is 1. The topological polar surface area (TPSA) is 66.8 Å². The van der Waals surface area contributed by atoms with Crippen molar-refractivity contribution in [3.8, 4) is 0 Å². The number of carbonyl (C=O) groups excluding carboxylic acids is 1. The highest BCUT2D eigenvalue weighted by Crippen LogP contribution is 2.49. The molecule has 3 rings (SSSR count). The summed E-state index contributed by atoms with van der Waals surface area (Å²) < 4.78 is 5.63. The number of rotatable bonds is 7. The number of carboxylic acid groups (broad SMARTS) is 1. The van der Waals surface area contributed by atoms with Gasteiger partial charge in [0.15, 0.2) is 0 Å². The van der Waals surface area contributed by atoms with Gasteiger partial charge in [-0.2, -0.15) is 0 Å². The molecule has 5 nitrogen and oxygen atoms in total. The third-order valence-electron chi connectivity index (χ3n) is 5.05. The van der Waals surface area contributed by atoms with E-state index in [1.165, 1.54) is 11.1 Å². The van der Waals surface area contributed by atoms with Crippen LogP contribution < -0.4 is 0 Å². The van der Waals surface area contributed by atoms with E-state index in [1.54, 1.807) is 4.90 Å². The molecule has 1 N–H and O–H groups in total. The zero-order valence-electron chi connectivity index (χ0n) is 14.1. The lowest BCUT2D eigenvalue weighted by molar-refractivity contribution is -0.139. The molecule has 130 valence electrons. The molecule has 1 aliphatic heterocycles. The van der Waals surface area contributed by atoms with Crippen LogP contribution in [0.15, 0.2) is 24.3 Å². The second-order valence-corrected chi connectivity index (χ2v) is 6.87. The van der Waals surface area contributed by atoms with E-state index in [0.717, 1.165) is 25.9 Å². The molecule has 1 aromatic rings. The fraction of sp³-hybridized carbons (Fsp3) is 0.579. The first-order chi connectivity index (χ1) is 11.6. The molecule has 1 aromatic carbocycles. The summed E-state index contributed by atoms with van der Waals surface area (Å²) in [5.74, 6) is -0.525. The Hall–Kier alpha value is -1.88. The smallest absolute Gasteiger partial charge is 0.305 e. The van der Waals surface area contributed by atoms with Gasteiger partial charge in [0.1, 0.15) is 0 Å². The predicted molar refractivity (Wildman–Crippen MR) is 89.8 cm³/mol. The van der Waals surface area contributed by atoms with E-state index in [9.17, 15) is 9.59 Å². The lowest BCUT2D eigenvalue weighted by Gasteiger charge is -2.25. The van der Waals surface area contributed by atoms with Crippen molar-refractivity contribution in [2.45, 2.75) is 44.6 Å². The third-order valence-corrected chi connectivity index (χ3v) is 5.05. The average Bonchev–Trinajstić information content (AvgIpc) is 3.18. The summed E-state index contributed by atoms with van der Waals surface area (Å²) in [6.07, 6.45) is 2.86. The molecule has 2 aliphatic rings. The monoisotopic (exact) mass is 331 g/mol. The summed E-state index contributed by atoms with van der Waals surface area (Å²) >= 11 is 0. The Balaban J connectivity index is 1.64. The van der Waals surface area contributed by atoms with Crippen molar-refractivity contribution in [2.24, 2.45) is 5.92 Å². The van der Waals surface area contributed by atoms with Crippen molar-refractivity contribution in [1.82, 2.24) is 4.90 Å². The molecule has 2 fully saturated rings. The highest BCUT2D eigenvalue weighted by atomic mass is 16.5. The molecule has 3 atom stereocenters. The van der Waals surface area contributed by atoms with E-state index in [2.05, 4.69) is 19.1 Å². The molecule has 1 saturated heterocycles. The van der Waals surface area contributed by atoms with Gasteiger partial charge in [-0.25, -0.2) is 0 Å². The molecule has 5 heteroatoms. The number of hydrogen-bond donors (Lipinski definition) is 1. The third kappa shape index (κ3) is 3.96. The Morgan fingerprint density at radius 3 is 2.79 bits per heavy atom. The van der Waals surface area contributed by atoms with Crippen molar-refractivity contribution in [3.63, 3.8) is 0 Å². The SMILES string of the molecule is Cc1ccccc1[C@@H]1C[C@H]1C(=O)N(CCC(=O)O)C[C@@H]1CCCO1. The van der Waals surface area contributed by atoms with Crippen LogP contribution in [-0.4, -0.2) is 47.7 Å². The Labute approximate surface area is 142 Å². The van der Waals surface area contributed by atoms with Gasteiger partial charge in [-0.15, -0.1) is 0 Å². The molecule has 1 aliphatic carbocycles. The molecule has 0 radical (unpaired) electrons. The van der Waals surface area contributed by atoms with E-state index in [-0.39, 0.29) is 36.8 Å². The summed E-state index contributed by atoms with van der Waals surface area (Å²) in [5.41, 5.74) is 2.46. The molecular weight excluding hydrogens is 306 g/mol. The van der Waals surface area contributed by atoms with Gasteiger partial charge in [0.05, 0.1) is 12.5 Å². The van der Waals surface area contributed by atoms with Crippen molar-refractivity contribution in [2.75, 3.05) is 19.7 Å². The van der Waals surface area contributed by atoms with E-state index in [1.807, 2.05) is 12.1 Å². The Kier molecular flexibility index (Phi) is 5.19. The van der Waals surface area contributed by atoms with E-state index in [4.69, 9.17) is 9.84 Å². The largest absolute Gasteiger partial charge is 0.481 e. The van der Waals surface area contributed by atoms with Crippen molar-refractivity contribution in [3.05, 3.63) is 35.4 Å². The van der Waals surface area contributed by atoms with Gasteiger partial charge >= 0.3 is 5.97 Å². The van der Waals surface area contributed by atoms with Gasteiger partial charge in [-0.05, 0) is 43.2 Å². The van der Waals surface area contributed by atoms with Crippen LogP contribution >= 0.6 is 0 Å². The van der Waals surface area contributed by atoms with Gasteiger partial charge in [0, 0.05) is 25.6 Å². The first-order valence-corrected chi connectivity index (χ1v) is 8.74. The van der Waals surface area contributed by atoms with Crippen molar-refractivity contribution < 1.29 is 19.4 Å². The molecule has 24 heavy (non-hydrogen) atoms. The molecular formula is C19H25NO4. The van der Waals surface area contributed by atoms with Crippen LogP contribution in [0.3, 0.4) is 0 Å². The molecule has 0 bridgehead atoms. The van der Waals surface area contributed by atoms with Crippen LogP contribution in [0.5, 0.6) is 0 Å². The van der Waals surface area contributed by atoms with Crippen LogP contribution in [0.25, 0.3) is 0 Å². The van der Waals surface area contributed by atoms with Gasteiger partial charge in [0.25, 0.3) is 0 Å². The molecule has 1 heterocycles. The normalized spacial score (nSPS) is 25.5. The average molecular weight is 331 g/mol. The molecule has 1 amide bonds. The number of benzene rings is 1. The van der Waals surface area contributed by atoms with Crippen LogP contribution in [0, 0.1) is 12.8 Å². The number of nitrogens with zero attached hydrogens (tertiary/aromatic N) is 1. The lowest BCUT2D eigenvalue weighted by Crippen LogP contribution is -2.39. The standard InChI is InChI=1S/C19H25NO4/c1-13-5-2-3-7-15(13)16-11-17(16)19(23)20(9-8-18(21)22)12-14-6-4-10-24-14/h2-3,5,7,14,16-17H,4,6,8-12H2,1H3,(H,21,22)/t14-,16-,17+/m0/s1. The van der Waals surface area contributed by atoms with Crippen LogP contribution in [0.1, 0.15) is 42.7 Å². The van der Waals surface area contributed by atoms with Crippen LogP contribution in [0.2, 0.25) is 0 Å². The second kappa shape index (κ2) is 7.34. The quantitative estimate of drug-likeness (QED) is 0.834. The van der Waals surface area contributed by atoms with Crippen molar-refractivity contribution >= 4 is 11.9 Å². The fourth-order valence-electron chi connectivity index (χ4n) is 3.61. The summed E-state index contributed by atoms with van der Waals surface area (Å²) in [6.45, 7) is 3.60. The highest BCUT2D eigenvalue weighted by Gasteiger charge is 2.46. The van der Waals surface area contributed by atoms with Crippen molar-refractivity contribution in [1.29, 1.82) is 0 Å². The molecule has 0 unspecified atom stereocenters. The maximum Gasteiger partial charge on any atom is 0.305 e. The number of aryl methyl sites for hydroxylation is 1. The predicted octanol–water partition coefficient (Wildman–Crippen LogP) is 2.58. The number of amides is 1. The van der Waals surface area contributed by atoms with Crippen LogP contribution in [-0.2, 0) is 14.3 Å². The maximum absolute atomic E-state index is 12.9. The molecule has 1 saturated carbocycles. The molecule has 0 spiro atoms. The van der Waals surface area contributed by atoms with E-state index < -0.39 is 5.97 Å². The summed E-state index contributed by atoms with van der Waals surface area (Å²) in [7, 11) is 0. The number of carboxylic acids is 1. The van der Waals surface area contributed by atoms with Gasteiger partial charge in [0.2, 0.25) is 5.91 Å². The highest BCUT2D eigenvalue weighted by molar-refractivity contribution is 5.83. The lowest BCUT2D eigenvalue weighted by atomic mass is 10.0. The summed E-state index contributed by atoms with van der Waals surface area (Å²) in [4.78, 5) is 25.5. The molecule has 0 aromatic heterocycles. The van der Waals surface area contributed by atoms with Gasteiger partial charge < -0.3 is 14.7 Å². The van der Waals surface area contributed by atoms with E-state index >= 15 is 0 Å². The number of ether oxygens (including phenoxy) is 1. The second-order valence-electron chi connectivity index (χ2n) is 6.87. The minimum absolute atomic E-state index is 0.0127. The zero-order chi connectivity index (χ0) is 17.1. The zero-order valence-corrected chi connectivity index (χ0v) is 14.1. The van der Waals surface area contributed by atoms with E-state index in [0.29, 0.717) is 6.54 Å². The minimum Gasteiger partial charge on any atom is -0.481 e. The number of carbonyl (C=O) groups is 2. The Bertz CT molecular complexity index is 609. The minimum atomic E-state index is -0.869. The first-order valence-electron chi connectivity index (χ1n) is 8.74. The van der Waals surface area contributed by atoms with Gasteiger partial charge in [-0.3, -0.25) is 9.59 Å². The fourth-order valence-corrected chi connectivity index (χ4v) is 3.61. The Morgan fingerprint density at radius 2 is 2.12 bits per heavy atom. The van der Waals surface area contributed by atoms with Gasteiger partial charge in [-0.1, -0.05) is 24.3 Å². The van der Waals surface area contributed by atoms with Crippen LogP contribution in [0.4, 0.5) is 0 Å². The Morgan fingerprint density at radius 1 is 1.33 bits per heavy atom. The summed E-state index contributed by atoms with van der Waals surface area (Å²) in [6, 6.07) is 8.18. The number of hydrogen-bond acceptors (Lipinski definition) is 3.